The van der Waals surface area contributed by atoms with E-state index in [1.165, 1.54) is 0 Å². The highest BCUT2D eigenvalue weighted by Crippen LogP contribution is 2.29. The standard InChI is InChI=1S/C16H26BrN3O/c1-4-10-19-15(21)11-20(3)16(14(18)5-2)12-8-6-7-9-13(12)17/h6-9,14,16H,4-5,10-11,18H2,1-3H3,(H,19,21). The van der Waals surface area contributed by atoms with Crippen molar-refractivity contribution in [2.45, 2.75) is 38.8 Å². The van der Waals surface area contributed by atoms with Crippen molar-refractivity contribution in [1.82, 2.24) is 10.2 Å². The number of benzene rings is 1. The summed E-state index contributed by atoms with van der Waals surface area (Å²) in [6, 6.07) is 8.04. The Morgan fingerprint density at radius 3 is 2.62 bits per heavy atom. The van der Waals surface area contributed by atoms with E-state index in [0.29, 0.717) is 13.1 Å². The summed E-state index contributed by atoms with van der Waals surface area (Å²) in [5, 5.41) is 2.91. The first kappa shape index (κ1) is 18.1. The summed E-state index contributed by atoms with van der Waals surface area (Å²) in [6.07, 6.45) is 1.80. The van der Waals surface area contributed by atoms with Gasteiger partial charge in [0, 0.05) is 17.1 Å². The van der Waals surface area contributed by atoms with Crippen LogP contribution in [0.15, 0.2) is 28.7 Å². The van der Waals surface area contributed by atoms with Crippen LogP contribution >= 0.6 is 15.9 Å². The van der Waals surface area contributed by atoms with Gasteiger partial charge in [-0.15, -0.1) is 0 Å². The molecule has 0 fully saturated rings. The predicted octanol–water partition coefficient (Wildman–Crippen LogP) is 2.69. The van der Waals surface area contributed by atoms with Gasteiger partial charge in [0.05, 0.1) is 12.6 Å². The minimum Gasteiger partial charge on any atom is -0.355 e. The Morgan fingerprint density at radius 2 is 2.05 bits per heavy atom. The molecule has 0 aliphatic rings. The maximum Gasteiger partial charge on any atom is 0.234 e. The number of nitrogens with one attached hydrogen (secondary N) is 1. The molecule has 5 heteroatoms. The zero-order valence-corrected chi connectivity index (χ0v) is 14.7. The van der Waals surface area contributed by atoms with Crippen molar-refractivity contribution in [2.75, 3.05) is 20.1 Å². The van der Waals surface area contributed by atoms with Crippen molar-refractivity contribution in [3.05, 3.63) is 34.3 Å². The van der Waals surface area contributed by atoms with Crippen LogP contribution in [0.4, 0.5) is 0 Å². The Labute approximate surface area is 136 Å². The van der Waals surface area contributed by atoms with E-state index in [4.69, 9.17) is 5.73 Å². The van der Waals surface area contributed by atoms with Gasteiger partial charge in [-0.25, -0.2) is 0 Å². The molecule has 0 aliphatic carbocycles. The Balaban J connectivity index is 2.88. The second-order valence-corrected chi connectivity index (χ2v) is 6.16. The molecule has 4 nitrogen and oxygen atoms in total. The summed E-state index contributed by atoms with van der Waals surface area (Å²) < 4.78 is 1.03. The molecule has 1 aromatic rings. The number of carbonyl (C=O) groups is 1. The number of hydrogen-bond donors (Lipinski definition) is 2. The van der Waals surface area contributed by atoms with Crippen molar-refractivity contribution in [2.24, 2.45) is 5.73 Å². The molecule has 21 heavy (non-hydrogen) atoms. The van der Waals surface area contributed by atoms with Crippen molar-refractivity contribution in [1.29, 1.82) is 0 Å². The first-order chi connectivity index (χ1) is 10.0. The minimum absolute atomic E-state index is 0.0120. The molecule has 0 heterocycles. The maximum absolute atomic E-state index is 11.9. The molecule has 2 unspecified atom stereocenters. The zero-order chi connectivity index (χ0) is 15.8. The third kappa shape index (κ3) is 5.41. The van der Waals surface area contributed by atoms with Crippen LogP contribution in [-0.4, -0.2) is 37.0 Å². The molecule has 0 radical (unpaired) electrons. The van der Waals surface area contributed by atoms with Gasteiger partial charge in [0.25, 0.3) is 0 Å². The first-order valence-corrected chi connectivity index (χ1v) is 8.27. The lowest BCUT2D eigenvalue weighted by Gasteiger charge is -2.33. The number of hydrogen-bond acceptors (Lipinski definition) is 3. The summed E-state index contributed by atoms with van der Waals surface area (Å²) in [5.74, 6) is 0.0414. The van der Waals surface area contributed by atoms with Crippen LogP contribution in [0, 0.1) is 0 Å². The van der Waals surface area contributed by atoms with Crippen LogP contribution in [0.3, 0.4) is 0 Å². The first-order valence-electron chi connectivity index (χ1n) is 7.48. The summed E-state index contributed by atoms with van der Waals surface area (Å²) in [7, 11) is 1.95. The predicted molar refractivity (Wildman–Crippen MR) is 91.1 cm³/mol. The summed E-state index contributed by atoms with van der Waals surface area (Å²) >= 11 is 3.59. The third-order valence-electron chi connectivity index (χ3n) is 3.54. The number of rotatable bonds is 8. The van der Waals surface area contributed by atoms with Crippen LogP contribution in [0.5, 0.6) is 0 Å². The van der Waals surface area contributed by atoms with Gasteiger partial charge in [0.15, 0.2) is 0 Å². The van der Waals surface area contributed by atoms with Crippen LogP contribution in [-0.2, 0) is 4.79 Å². The average molecular weight is 356 g/mol. The molecule has 0 saturated heterocycles. The van der Waals surface area contributed by atoms with E-state index in [-0.39, 0.29) is 18.0 Å². The molecule has 0 aromatic heterocycles. The Bertz CT molecular complexity index is 453. The Hall–Kier alpha value is -0.910. The highest BCUT2D eigenvalue weighted by Gasteiger charge is 2.26. The summed E-state index contributed by atoms with van der Waals surface area (Å²) in [6.45, 7) is 5.17. The van der Waals surface area contributed by atoms with E-state index >= 15 is 0 Å². The second-order valence-electron chi connectivity index (χ2n) is 5.30. The molecule has 0 bridgehead atoms. The lowest BCUT2D eigenvalue weighted by molar-refractivity contribution is -0.122. The second kappa shape index (κ2) is 9.18. The van der Waals surface area contributed by atoms with Crippen LogP contribution in [0.2, 0.25) is 0 Å². The number of amides is 1. The van der Waals surface area contributed by atoms with Crippen molar-refractivity contribution < 1.29 is 4.79 Å². The molecular formula is C16H26BrN3O. The third-order valence-corrected chi connectivity index (χ3v) is 4.26. The number of nitrogens with two attached hydrogens (primary N) is 1. The van der Waals surface area contributed by atoms with Crippen molar-refractivity contribution in [3.63, 3.8) is 0 Å². The smallest absolute Gasteiger partial charge is 0.234 e. The van der Waals surface area contributed by atoms with Gasteiger partial charge in [0.2, 0.25) is 5.91 Å². The molecule has 1 aromatic carbocycles. The lowest BCUT2D eigenvalue weighted by atomic mass is 9.96. The number of nitrogens with zero attached hydrogens (tertiary/aromatic N) is 1. The van der Waals surface area contributed by atoms with Gasteiger partial charge in [0.1, 0.15) is 0 Å². The summed E-state index contributed by atoms with van der Waals surface area (Å²) in [5.41, 5.74) is 7.42. The van der Waals surface area contributed by atoms with Gasteiger partial charge in [-0.1, -0.05) is 48.0 Å². The normalized spacial score (nSPS) is 14.0. The van der Waals surface area contributed by atoms with E-state index < -0.39 is 0 Å². The Kier molecular flexibility index (Phi) is 7.93. The molecule has 2 atom stereocenters. The number of likely N-dealkylation sites (N-methyl/N-ethyl adjacent to an activating group) is 1. The molecule has 0 spiro atoms. The van der Waals surface area contributed by atoms with Crippen molar-refractivity contribution in [3.8, 4) is 0 Å². The van der Waals surface area contributed by atoms with Gasteiger partial charge < -0.3 is 11.1 Å². The number of halogens is 1. The fourth-order valence-corrected chi connectivity index (χ4v) is 2.90. The van der Waals surface area contributed by atoms with Gasteiger partial charge in [-0.3, -0.25) is 9.69 Å². The van der Waals surface area contributed by atoms with Gasteiger partial charge >= 0.3 is 0 Å². The molecule has 3 N–H and O–H groups in total. The highest BCUT2D eigenvalue weighted by atomic mass is 79.9. The molecule has 118 valence electrons. The fourth-order valence-electron chi connectivity index (χ4n) is 2.38. The molecule has 1 rings (SSSR count). The minimum atomic E-state index is -0.0207. The SMILES string of the molecule is CCCNC(=O)CN(C)C(c1ccccc1Br)C(N)CC. The zero-order valence-electron chi connectivity index (χ0n) is 13.1. The van der Waals surface area contributed by atoms with Gasteiger partial charge in [-0.05, 0) is 31.5 Å². The van der Waals surface area contributed by atoms with E-state index in [0.717, 1.165) is 22.9 Å². The Morgan fingerprint density at radius 1 is 1.38 bits per heavy atom. The quantitative estimate of drug-likeness (QED) is 0.753. The van der Waals surface area contributed by atoms with E-state index in [9.17, 15) is 4.79 Å². The highest BCUT2D eigenvalue weighted by molar-refractivity contribution is 9.10. The van der Waals surface area contributed by atoms with E-state index in [2.05, 4.69) is 34.2 Å². The molecular weight excluding hydrogens is 330 g/mol. The molecule has 0 saturated carbocycles. The monoisotopic (exact) mass is 355 g/mol. The topological polar surface area (TPSA) is 58.4 Å². The largest absolute Gasteiger partial charge is 0.355 e. The fraction of sp³-hybridized carbons (Fsp3) is 0.562. The van der Waals surface area contributed by atoms with E-state index in [1.54, 1.807) is 0 Å². The summed E-state index contributed by atoms with van der Waals surface area (Å²) in [4.78, 5) is 14.0. The molecule has 1 amide bonds. The van der Waals surface area contributed by atoms with Gasteiger partial charge in [-0.2, -0.15) is 0 Å². The lowest BCUT2D eigenvalue weighted by Crippen LogP contribution is -2.43. The van der Waals surface area contributed by atoms with Crippen LogP contribution in [0.25, 0.3) is 0 Å². The van der Waals surface area contributed by atoms with Crippen LogP contribution in [0.1, 0.15) is 38.3 Å². The molecule has 0 aliphatic heterocycles. The van der Waals surface area contributed by atoms with Crippen molar-refractivity contribution >= 4 is 21.8 Å². The average Bonchev–Trinajstić information content (AvgIpc) is 2.47. The van der Waals surface area contributed by atoms with E-state index in [1.807, 2.05) is 37.1 Å². The van der Waals surface area contributed by atoms with Crippen LogP contribution < -0.4 is 11.1 Å². The number of carbonyl (C=O) groups excluding carboxylic acids is 1. The maximum atomic E-state index is 11.9.